The number of halogens is 1. The first-order valence-corrected chi connectivity index (χ1v) is 18.7. The summed E-state index contributed by atoms with van der Waals surface area (Å²) in [6.45, 7) is 4.54. The molecule has 4 aromatic carbocycles. The third kappa shape index (κ3) is 6.64. The highest BCUT2D eigenvalue weighted by Crippen LogP contribution is 2.58. The zero-order chi connectivity index (χ0) is 27.4. The Hall–Kier alpha value is -2.04. The van der Waals surface area contributed by atoms with Crippen LogP contribution in [0.5, 0.6) is 0 Å². The molecule has 0 nitrogen and oxygen atoms in total. The number of hydrogen-bond donors (Lipinski definition) is 0. The lowest BCUT2D eigenvalue weighted by molar-refractivity contribution is -0.00000744. The lowest BCUT2D eigenvalue weighted by Crippen LogP contribution is -3.00. The first-order valence-electron chi connectivity index (χ1n) is 13.2. The molecular formula is C35H30ClPS4. The molecule has 2 aliphatic rings. The third-order valence-corrected chi connectivity index (χ3v) is 16.6. The molecule has 0 fully saturated rings. The Bertz CT molecular complexity index is 1520. The smallest absolute Gasteiger partial charge is 0.116 e. The van der Waals surface area contributed by atoms with Gasteiger partial charge in [-0.3, -0.25) is 0 Å². The van der Waals surface area contributed by atoms with Gasteiger partial charge in [0.05, 0.1) is 14.6 Å². The van der Waals surface area contributed by atoms with Gasteiger partial charge in [-0.1, -0.05) is 120 Å². The van der Waals surface area contributed by atoms with Gasteiger partial charge in [0.2, 0.25) is 0 Å². The molecule has 206 valence electrons. The van der Waals surface area contributed by atoms with Crippen molar-refractivity contribution in [2.75, 3.05) is 0 Å². The Morgan fingerprint density at radius 1 is 0.610 bits per heavy atom. The van der Waals surface area contributed by atoms with E-state index in [1.807, 2.05) is 47.0 Å². The molecule has 41 heavy (non-hydrogen) atoms. The SMILES string of the molecule is Cc1cc(C[P+](c2ccccc2)(c2ccccc2)c2ccccc2)c(C)cc1C=CC1=CSC(=C2SC=CS2)S1.[Cl-]. The van der Waals surface area contributed by atoms with E-state index in [2.05, 4.69) is 145 Å². The molecule has 0 amide bonds. The number of thioether (sulfide) groups is 4. The Kier molecular flexibility index (Phi) is 10.4. The van der Waals surface area contributed by atoms with Crippen LogP contribution in [0.4, 0.5) is 0 Å². The summed E-state index contributed by atoms with van der Waals surface area (Å²) in [6.07, 6.45) is 5.57. The molecule has 0 aliphatic carbocycles. The number of rotatable bonds is 7. The van der Waals surface area contributed by atoms with Crippen molar-refractivity contribution in [1.29, 1.82) is 0 Å². The molecule has 0 bridgehead atoms. The van der Waals surface area contributed by atoms with Crippen LogP contribution in [0, 0.1) is 13.8 Å². The fourth-order valence-corrected chi connectivity index (χ4v) is 13.9. The summed E-state index contributed by atoms with van der Waals surface area (Å²) in [4.78, 5) is 1.31. The van der Waals surface area contributed by atoms with Crippen LogP contribution < -0.4 is 28.3 Å². The highest BCUT2D eigenvalue weighted by molar-refractivity contribution is 8.33. The van der Waals surface area contributed by atoms with Crippen molar-refractivity contribution in [2.24, 2.45) is 0 Å². The molecule has 0 aromatic heterocycles. The minimum Gasteiger partial charge on any atom is -1.00 e. The summed E-state index contributed by atoms with van der Waals surface area (Å²) in [6, 6.07) is 38.4. The summed E-state index contributed by atoms with van der Waals surface area (Å²) in [7, 11) is -1.93. The molecule has 0 spiro atoms. The zero-order valence-electron chi connectivity index (χ0n) is 22.9. The minimum absolute atomic E-state index is 0. The standard InChI is InChI=1S/C35H30PS4.ClH/c1-26-23-29(27(2)22-28(26)18-19-33-25-39-35(40-33)34-37-20-21-38-34)24-36(30-12-6-3-7-13-30,31-14-8-4-9-15-31)32-16-10-5-11-17-32;/h3-23,25H,24H2,1-2H3;1H/q+1;/p-1. The van der Waals surface area contributed by atoms with Crippen LogP contribution >= 0.6 is 54.3 Å². The van der Waals surface area contributed by atoms with Gasteiger partial charge in [0.25, 0.3) is 0 Å². The van der Waals surface area contributed by atoms with Gasteiger partial charge in [-0.15, -0.1) is 0 Å². The van der Waals surface area contributed by atoms with Crippen molar-refractivity contribution in [3.8, 4) is 0 Å². The molecule has 0 atom stereocenters. The Balaban J connectivity index is 0.00000337. The van der Waals surface area contributed by atoms with E-state index in [1.54, 1.807) is 0 Å². The predicted molar refractivity (Wildman–Crippen MR) is 188 cm³/mol. The van der Waals surface area contributed by atoms with Crippen LogP contribution in [0.25, 0.3) is 6.08 Å². The van der Waals surface area contributed by atoms with Gasteiger partial charge in [-0.25, -0.2) is 0 Å². The van der Waals surface area contributed by atoms with Gasteiger partial charge in [0, 0.05) is 4.91 Å². The van der Waals surface area contributed by atoms with E-state index in [-0.39, 0.29) is 12.4 Å². The molecule has 6 heteroatoms. The lowest BCUT2D eigenvalue weighted by Gasteiger charge is -2.28. The van der Waals surface area contributed by atoms with Crippen LogP contribution in [-0.2, 0) is 6.16 Å². The van der Waals surface area contributed by atoms with Crippen LogP contribution in [0.3, 0.4) is 0 Å². The zero-order valence-corrected chi connectivity index (χ0v) is 27.8. The maximum Gasteiger partial charge on any atom is 0.116 e. The van der Waals surface area contributed by atoms with E-state index < -0.39 is 7.26 Å². The molecule has 0 radical (unpaired) electrons. The van der Waals surface area contributed by atoms with E-state index >= 15 is 0 Å². The van der Waals surface area contributed by atoms with Gasteiger partial charge < -0.3 is 12.4 Å². The molecule has 0 unspecified atom stereocenters. The Morgan fingerprint density at radius 2 is 1.15 bits per heavy atom. The Morgan fingerprint density at radius 3 is 1.68 bits per heavy atom. The highest BCUT2D eigenvalue weighted by Gasteiger charge is 2.45. The van der Waals surface area contributed by atoms with Crippen LogP contribution in [0.1, 0.15) is 22.3 Å². The van der Waals surface area contributed by atoms with Gasteiger partial charge >= 0.3 is 0 Å². The topological polar surface area (TPSA) is 0 Å². The normalized spacial score (nSPS) is 14.9. The van der Waals surface area contributed by atoms with Gasteiger partial charge in [0.1, 0.15) is 23.2 Å². The van der Waals surface area contributed by atoms with Gasteiger partial charge in [0.15, 0.2) is 0 Å². The molecule has 4 aromatic rings. The highest BCUT2D eigenvalue weighted by atomic mass is 35.5. The second-order valence-electron chi connectivity index (χ2n) is 9.77. The number of allylic oxidation sites excluding steroid dienone is 1. The maximum absolute atomic E-state index is 2.44. The van der Waals surface area contributed by atoms with Crippen molar-refractivity contribution >= 4 is 76.3 Å². The van der Waals surface area contributed by atoms with Crippen molar-refractivity contribution in [3.05, 3.63) is 161 Å². The fraction of sp³-hybridized carbons (Fsp3) is 0.0857. The van der Waals surface area contributed by atoms with E-state index in [0.29, 0.717) is 0 Å². The second kappa shape index (κ2) is 14.0. The van der Waals surface area contributed by atoms with E-state index in [4.69, 9.17) is 0 Å². The van der Waals surface area contributed by atoms with E-state index in [1.165, 1.54) is 51.5 Å². The summed E-state index contributed by atoms with van der Waals surface area (Å²) in [5, 5.41) is 10.9. The molecule has 2 heterocycles. The summed E-state index contributed by atoms with van der Waals surface area (Å²) in [5.74, 6) is 0. The average molecular weight is 645 g/mol. The number of aryl methyl sites for hydroxylation is 2. The summed E-state index contributed by atoms with van der Waals surface area (Å²) < 4.78 is 2.79. The molecule has 2 aliphatic heterocycles. The first-order chi connectivity index (χ1) is 19.6. The quantitative estimate of drug-likeness (QED) is 0.195. The molecule has 0 saturated carbocycles. The van der Waals surface area contributed by atoms with E-state index in [0.717, 1.165) is 6.16 Å². The van der Waals surface area contributed by atoms with E-state index in [9.17, 15) is 0 Å². The summed E-state index contributed by atoms with van der Waals surface area (Å²) >= 11 is 7.38. The van der Waals surface area contributed by atoms with Crippen LogP contribution in [0.2, 0.25) is 0 Å². The van der Waals surface area contributed by atoms with Crippen molar-refractivity contribution in [2.45, 2.75) is 20.0 Å². The number of hydrogen-bond acceptors (Lipinski definition) is 4. The monoisotopic (exact) mass is 644 g/mol. The lowest BCUT2D eigenvalue weighted by atomic mass is 10.0. The van der Waals surface area contributed by atoms with Crippen LogP contribution in [0.15, 0.2) is 139 Å². The number of benzene rings is 4. The Labute approximate surface area is 268 Å². The van der Waals surface area contributed by atoms with Gasteiger partial charge in [-0.05, 0) is 94.8 Å². The first kappa shape index (κ1) is 30.4. The van der Waals surface area contributed by atoms with Crippen molar-refractivity contribution < 1.29 is 12.4 Å². The second-order valence-corrected chi connectivity index (χ2v) is 17.6. The molecule has 0 N–H and O–H groups in total. The maximum atomic E-state index is 2.44. The predicted octanol–water partition coefficient (Wildman–Crippen LogP) is 7.21. The summed E-state index contributed by atoms with van der Waals surface area (Å²) in [5.41, 5.74) is 5.40. The minimum atomic E-state index is -1.93. The van der Waals surface area contributed by atoms with Crippen molar-refractivity contribution in [1.82, 2.24) is 0 Å². The van der Waals surface area contributed by atoms with Crippen LogP contribution in [-0.4, -0.2) is 0 Å². The molecular weight excluding hydrogens is 615 g/mol. The fourth-order valence-electron chi connectivity index (χ4n) is 5.18. The largest absolute Gasteiger partial charge is 1.00 e. The average Bonchev–Trinajstić information content (AvgIpc) is 3.71. The van der Waals surface area contributed by atoms with Gasteiger partial charge in [-0.2, -0.15) is 0 Å². The van der Waals surface area contributed by atoms with Crippen molar-refractivity contribution in [3.63, 3.8) is 0 Å². The molecule has 0 saturated heterocycles. The third-order valence-electron chi connectivity index (χ3n) is 7.22. The molecule has 6 rings (SSSR count).